The van der Waals surface area contributed by atoms with E-state index in [4.69, 9.17) is 4.74 Å². The van der Waals surface area contributed by atoms with E-state index in [1.807, 2.05) is 31.2 Å². The van der Waals surface area contributed by atoms with Crippen molar-refractivity contribution in [3.63, 3.8) is 0 Å². The molecule has 2 rings (SSSR count). The lowest BCUT2D eigenvalue weighted by Gasteiger charge is -2.00. The van der Waals surface area contributed by atoms with Crippen molar-refractivity contribution < 1.29 is 9.53 Å². The Kier molecular flexibility index (Phi) is 3.24. The van der Waals surface area contributed by atoms with Crippen molar-refractivity contribution in [1.82, 2.24) is 4.98 Å². The summed E-state index contributed by atoms with van der Waals surface area (Å²) < 4.78 is 5.17. The maximum Gasteiger partial charge on any atom is 0.171 e. The average Bonchev–Trinajstić information content (AvgIpc) is 2.71. The second kappa shape index (κ2) is 4.67. The first-order valence-electron chi connectivity index (χ1n) is 5.24. The highest BCUT2D eigenvalue weighted by Crippen LogP contribution is 2.30. The highest BCUT2D eigenvalue weighted by Gasteiger charge is 2.12. The highest BCUT2D eigenvalue weighted by molar-refractivity contribution is 7.17. The molecule has 0 atom stereocenters. The van der Waals surface area contributed by atoms with E-state index in [1.165, 1.54) is 11.3 Å². The molecule has 1 heterocycles. The standard InChI is InChI=1S/C13H13NO2S/c1-8-12(9(2)15)17-13(14-8)10-5-4-6-11(7-10)16-3/h4-7H,1-3H3. The van der Waals surface area contributed by atoms with Gasteiger partial charge in [0.15, 0.2) is 5.78 Å². The molecule has 3 nitrogen and oxygen atoms in total. The van der Waals surface area contributed by atoms with Crippen LogP contribution >= 0.6 is 11.3 Å². The summed E-state index contributed by atoms with van der Waals surface area (Å²) in [5, 5.41) is 0.853. The monoisotopic (exact) mass is 247 g/mol. The number of nitrogens with zero attached hydrogens (tertiary/aromatic N) is 1. The van der Waals surface area contributed by atoms with E-state index in [0.717, 1.165) is 26.9 Å². The normalized spacial score (nSPS) is 10.3. The number of aromatic nitrogens is 1. The number of ether oxygens (including phenoxy) is 1. The van der Waals surface area contributed by atoms with E-state index in [-0.39, 0.29) is 5.78 Å². The van der Waals surface area contributed by atoms with Gasteiger partial charge in [-0.1, -0.05) is 12.1 Å². The summed E-state index contributed by atoms with van der Waals surface area (Å²) >= 11 is 1.42. The van der Waals surface area contributed by atoms with E-state index in [1.54, 1.807) is 14.0 Å². The summed E-state index contributed by atoms with van der Waals surface area (Å²) in [5.41, 5.74) is 1.77. The highest BCUT2D eigenvalue weighted by atomic mass is 32.1. The van der Waals surface area contributed by atoms with Crippen molar-refractivity contribution >= 4 is 17.1 Å². The molecule has 0 N–H and O–H groups in total. The van der Waals surface area contributed by atoms with E-state index in [9.17, 15) is 4.79 Å². The number of thiazole rings is 1. The number of benzene rings is 1. The fourth-order valence-corrected chi connectivity index (χ4v) is 2.56. The second-order valence-corrected chi connectivity index (χ2v) is 4.72. The smallest absolute Gasteiger partial charge is 0.171 e. The lowest BCUT2D eigenvalue weighted by molar-refractivity contribution is 0.102. The van der Waals surface area contributed by atoms with Gasteiger partial charge in [0.1, 0.15) is 10.8 Å². The van der Waals surface area contributed by atoms with E-state index in [0.29, 0.717) is 0 Å². The van der Waals surface area contributed by atoms with Gasteiger partial charge >= 0.3 is 0 Å². The molecule has 0 fully saturated rings. The van der Waals surface area contributed by atoms with Crippen LogP contribution in [-0.4, -0.2) is 17.9 Å². The minimum absolute atomic E-state index is 0.0640. The molecule has 0 aliphatic heterocycles. The Morgan fingerprint density at radius 3 is 2.76 bits per heavy atom. The van der Waals surface area contributed by atoms with Crippen LogP contribution in [0.15, 0.2) is 24.3 Å². The van der Waals surface area contributed by atoms with E-state index >= 15 is 0 Å². The van der Waals surface area contributed by atoms with Gasteiger partial charge in [-0.05, 0) is 19.1 Å². The van der Waals surface area contributed by atoms with E-state index in [2.05, 4.69) is 4.98 Å². The van der Waals surface area contributed by atoms with Gasteiger partial charge in [-0.3, -0.25) is 4.79 Å². The molecule has 0 bridgehead atoms. The lowest BCUT2D eigenvalue weighted by atomic mass is 10.2. The number of methoxy groups -OCH3 is 1. The lowest BCUT2D eigenvalue weighted by Crippen LogP contribution is -1.89. The van der Waals surface area contributed by atoms with E-state index < -0.39 is 0 Å². The Labute approximate surface area is 104 Å². The molecule has 0 radical (unpaired) electrons. The van der Waals surface area contributed by atoms with Crippen molar-refractivity contribution in [3.05, 3.63) is 34.8 Å². The van der Waals surface area contributed by atoms with Gasteiger partial charge in [0, 0.05) is 12.5 Å². The topological polar surface area (TPSA) is 39.2 Å². The Bertz CT molecular complexity index is 560. The van der Waals surface area contributed by atoms with Crippen LogP contribution in [0, 0.1) is 6.92 Å². The van der Waals surface area contributed by atoms with Gasteiger partial charge in [-0.2, -0.15) is 0 Å². The second-order valence-electron chi connectivity index (χ2n) is 3.72. The van der Waals surface area contributed by atoms with Crippen LogP contribution in [-0.2, 0) is 0 Å². The Morgan fingerprint density at radius 1 is 1.41 bits per heavy atom. The van der Waals surface area contributed by atoms with Gasteiger partial charge in [0.2, 0.25) is 0 Å². The summed E-state index contributed by atoms with van der Waals surface area (Å²) in [7, 11) is 1.63. The Hall–Kier alpha value is -1.68. The maximum absolute atomic E-state index is 11.4. The van der Waals surface area contributed by atoms with Crippen LogP contribution in [0.3, 0.4) is 0 Å². The molecule has 1 aromatic carbocycles. The summed E-state index contributed by atoms with van der Waals surface area (Å²) in [4.78, 5) is 16.5. The van der Waals surface area contributed by atoms with Crippen molar-refractivity contribution in [1.29, 1.82) is 0 Å². The van der Waals surface area contributed by atoms with Gasteiger partial charge in [0.05, 0.1) is 17.7 Å². The summed E-state index contributed by atoms with van der Waals surface area (Å²) in [6, 6.07) is 7.68. The number of carbonyl (C=O) groups is 1. The number of carbonyl (C=O) groups excluding carboxylic acids is 1. The van der Waals surface area contributed by atoms with Crippen molar-refractivity contribution in [2.24, 2.45) is 0 Å². The molecule has 88 valence electrons. The van der Waals surface area contributed by atoms with Crippen molar-refractivity contribution in [2.45, 2.75) is 13.8 Å². The molecule has 0 saturated carbocycles. The average molecular weight is 247 g/mol. The fourth-order valence-electron chi connectivity index (χ4n) is 1.60. The zero-order valence-corrected chi connectivity index (χ0v) is 10.8. The maximum atomic E-state index is 11.4. The van der Waals surface area contributed by atoms with Crippen LogP contribution in [0.5, 0.6) is 5.75 Å². The molecule has 2 aromatic rings. The molecule has 0 spiro atoms. The molecule has 1 aromatic heterocycles. The van der Waals surface area contributed by atoms with Crippen LogP contribution in [0.25, 0.3) is 10.6 Å². The molecular formula is C13H13NO2S. The number of hydrogen-bond donors (Lipinski definition) is 0. The molecule has 0 unspecified atom stereocenters. The minimum Gasteiger partial charge on any atom is -0.497 e. The minimum atomic E-state index is 0.0640. The third kappa shape index (κ3) is 2.36. The first-order valence-corrected chi connectivity index (χ1v) is 6.06. The summed E-state index contributed by atoms with van der Waals surface area (Å²) in [5.74, 6) is 0.855. The van der Waals surface area contributed by atoms with Crippen LogP contribution in [0.2, 0.25) is 0 Å². The molecule has 0 saturated heterocycles. The molecule has 17 heavy (non-hydrogen) atoms. The Morgan fingerprint density at radius 2 is 2.18 bits per heavy atom. The summed E-state index contributed by atoms with van der Waals surface area (Å²) in [6.45, 7) is 3.42. The van der Waals surface area contributed by atoms with Crippen molar-refractivity contribution in [3.8, 4) is 16.3 Å². The van der Waals surface area contributed by atoms with Gasteiger partial charge in [-0.25, -0.2) is 4.98 Å². The van der Waals surface area contributed by atoms with Gasteiger partial charge in [-0.15, -0.1) is 11.3 Å². The van der Waals surface area contributed by atoms with Crippen LogP contribution in [0.1, 0.15) is 22.3 Å². The first-order chi connectivity index (χ1) is 8.11. The molecule has 0 amide bonds. The number of ketones is 1. The van der Waals surface area contributed by atoms with Crippen molar-refractivity contribution in [2.75, 3.05) is 7.11 Å². The summed E-state index contributed by atoms with van der Waals surface area (Å²) in [6.07, 6.45) is 0. The quantitative estimate of drug-likeness (QED) is 0.781. The fraction of sp³-hybridized carbons (Fsp3) is 0.231. The number of aryl methyl sites for hydroxylation is 1. The predicted molar refractivity (Wildman–Crippen MR) is 68.8 cm³/mol. The molecular weight excluding hydrogens is 234 g/mol. The number of rotatable bonds is 3. The Balaban J connectivity index is 2.46. The van der Waals surface area contributed by atoms with Crippen LogP contribution < -0.4 is 4.74 Å². The molecule has 0 aliphatic carbocycles. The predicted octanol–water partition coefficient (Wildman–Crippen LogP) is 3.33. The van der Waals surface area contributed by atoms with Crippen LogP contribution in [0.4, 0.5) is 0 Å². The first kappa shape index (κ1) is 11.8. The zero-order chi connectivity index (χ0) is 12.4. The largest absolute Gasteiger partial charge is 0.497 e. The molecule has 0 aliphatic rings. The third-order valence-corrected chi connectivity index (χ3v) is 3.74. The van der Waals surface area contributed by atoms with Gasteiger partial charge in [0.25, 0.3) is 0 Å². The van der Waals surface area contributed by atoms with Gasteiger partial charge < -0.3 is 4.74 Å². The number of Topliss-reactive ketones (excluding diaryl/α,β-unsaturated/α-hetero) is 1. The third-order valence-electron chi connectivity index (χ3n) is 2.43. The molecule has 4 heteroatoms. The SMILES string of the molecule is COc1cccc(-c2nc(C)c(C(C)=O)s2)c1. The number of hydrogen-bond acceptors (Lipinski definition) is 4. The zero-order valence-electron chi connectivity index (χ0n) is 9.98.